The lowest BCUT2D eigenvalue weighted by atomic mass is 10.3. The van der Waals surface area contributed by atoms with Crippen molar-refractivity contribution >= 4 is 5.78 Å². The highest BCUT2D eigenvalue weighted by Crippen LogP contribution is 1.79. The van der Waals surface area contributed by atoms with Gasteiger partial charge in [-0.2, -0.15) is 0 Å². The smallest absolute Gasteiger partial charge is 0.182 e. The van der Waals surface area contributed by atoms with Crippen LogP contribution in [0.25, 0.3) is 0 Å². The summed E-state index contributed by atoms with van der Waals surface area (Å²) in [4.78, 5) is 10.2. The molecule has 0 radical (unpaired) electrons. The predicted molar refractivity (Wildman–Crippen MR) is 30.0 cm³/mol. The van der Waals surface area contributed by atoms with E-state index in [9.17, 15) is 4.79 Å². The van der Waals surface area contributed by atoms with E-state index in [1.807, 2.05) is 0 Å². The quantitative estimate of drug-likeness (QED) is 0.473. The fourth-order valence-electron chi connectivity index (χ4n) is 0.300. The van der Waals surface area contributed by atoms with Crippen LogP contribution in [0.2, 0.25) is 0 Å². The van der Waals surface area contributed by atoms with Crippen LogP contribution in [0, 0.1) is 0 Å². The Balaban J connectivity index is 3.70. The van der Waals surface area contributed by atoms with Gasteiger partial charge in [0.1, 0.15) is 6.61 Å². The number of aliphatic hydroxyl groups excluding tert-OH is 1. The number of carbonyl (C=O) groups is 1. The first kappa shape index (κ1) is 7.17. The molecule has 3 N–H and O–H groups in total. The molecule has 0 unspecified atom stereocenters. The standard InChI is InChI=1S/C5H9NO2/c1-4(6)2-5(8)3-7/h2,7H,3,6H2,1H3/b4-2-. The molecule has 0 aromatic carbocycles. The minimum Gasteiger partial charge on any atom is -0.402 e. The molecule has 8 heavy (non-hydrogen) atoms. The second kappa shape index (κ2) is 3.21. The fourth-order valence-corrected chi connectivity index (χ4v) is 0.300. The van der Waals surface area contributed by atoms with Crippen LogP contribution in [0.5, 0.6) is 0 Å². The van der Waals surface area contributed by atoms with Gasteiger partial charge >= 0.3 is 0 Å². The first-order valence-corrected chi connectivity index (χ1v) is 2.24. The minimum atomic E-state index is -0.464. The van der Waals surface area contributed by atoms with Gasteiger partial charge in [0, 0.05) is 11.8 Å². The molecule has 0 aliphatic rings. The van der Waals surface area contributed by atoms with Crippen molar-refractivity contribution in [2.75, 3.05) is 6.61 Å². The lowest BCUT2D eigenvalue weighted by Gasteiger charge is -1.86. The molecule has 0 fully saturated rings. The molecule has 46 valence electrons. The first-order chi connectivity index (χ1) is 3.66. The van der Waals surface area contributed by atoms with Gasteiger partial charge in [0.2, 0.25) is 0 Å². The molecule has 0 heterocycles. The number of ketones is 1. The summed E-state index contributed by atoms with van der Waals surface area (Å²) in [5.41, 5.74) is 5.52. The highest BCUT2D eigenvalue weighted by molar-refractivity contribution is 5.90. The van der Waals surface area contributed by atoms with Gasteiger partial charge in [-0.05, 0) is 6.92 Å². The maximum absolute atomic E-state index is 10.2. The van der Waals surface area contributed by atoms with E-state index in [1.165, 1.54) is 6.08 Å². The summed E-state index contributed by atoms with van der Waals surface area (Å²) in [6.45, 7) is 1.13. The van der Waals surface area contributed by atoms with E-state index < -0.39 is 6.61 Å². The Bertz CT molecular complexity index is 114. The third-order valence-electron chi connectivity index (χ3n) is 0.544. The van der Waals surface area contributed by atoms with Crippen molar-refractivity contribution in [3.05, 3.63) is 11.8 Å². The van der Waals surface area contributed by atoms with Gasteiger partial charge in [0.05, 0.1) is 0 Å². The molecule has 3 heteroatoms. The van der Waals surface area contributed by atoms with Crippen LogP contribution in [0.3, 0.4) is 0 Å². The van der Waals surface area contributed by atoms with Crippen molar-refractivity contribution in [2.45, 2.75) is 6.92 Å². The van der Waals surface area contributed by atoms with Gasteiger partial charge in [-0.15, -0.1) is 0 Å². The zero-order valence-corrected chi connectivity index (χ0v) is 4.72. The fraction of sp³-hybridized carbons (Fsp3) is 0.400. The summed E-state index contributed by atoms with van der Waals surface area (Å²) < 4.78 is 0. The van der Waals surface area contributed by atoms with Gasteiger partial charge in [-0.1, -0.05) is 0 Å². The van der Waals surface area contributed by atoms with Gasteiger partial charge in [-0.25, -0.2) is 0 Å². The lowest BCUT2D eigenvalue weighted by molar-refractivity contribution is -0.117. The average molecular weight is 115 g/mol. The molecule has 3 nitrogen and oxygen atoms in total. The van der Waals surface area contributed by atoms with E-state index in [-0.39, 0.29) is 5.78 Å². The van der Waals surface area contributed by atoms with Crippen molar-refractivity contribution in [3.8, 4) is 0 Å². The molecule has 0 saturated heterocycles. The Morgan fingerprint density at radius 2 is 2.38 bits per heavy atom. The summed E-state index contributed by atoms with van der Waals surface area (Å²) in [6.07, 6.45) is 1.19. The number of hydrogen-bond donors (Lipinski definition) is 2. The number of rotatable bonds is 2. The predicted octanol–water partition coefficient (Wildman–Crippen LogP) is -0.590. The van der Waals surface area contributed by atoms with E-state index in [0.29, 0.717) is 5.70 Å². The number of allylic oxidation sites excluding steroid dienone is 1. The summed E-state index contributed by atoms with van der Waals surface area (Å²) >= 11 is 0. The van der Waals surface area contributed by atoms with E-state index in [1.54, 1.807) is 6.92 Å². The van der Waals surface area contributed by atoms with Gasteiger partial charge in [-0.3, -0.25) is 4.79 Å². The van der Waals surface area contributed by atoms with Crippen molar-refractivity contribution in [2.24, 2.45) is 5.73 Å². The van der Waals surface area contributed by atoms with Gasteiger partial charge < -0.3 is 10.8 Å². The summed E-state index contributed by atoms with van der Waals surface area (Å²) in [6, 6.07) is 0. The Morgan fingerprint density at radius 1 is 1.88 bits per heavy atom. The molecule has 0 bridgehead atoms. The molecule has 0 aliphatic heterocycles. The van der Waals surface area contributed by atoms with Gasteiger partial charge in [0.25, 0.3) is 0 Å². The molecular weight excluding hydrogens is 106 g/mol. The Labute approximate surface area is 47.8 Å². The van der Waals surface area contributed by atoms with Crippen molar-refractivity contribution in [3.63, 3.8) is 0 Å². The molecule has 0 atom stereocenters. The monoisotopic (exact) mass is 115 g/mol. The highest BCUT2D eigenvalue weighted by Gasteiger charge is 1.90. The maximum Gasteiger partial charge on any atom is 0.182 e. The number of nitrogens with two attached hydrogens (primary N) is 1. The molecule has 0 spiro atoms. The van der Waals surface area contributed by atoms with Crippen LogP contribution in [0.1, 0.15) is 6.92 Å². The second-order valence-electron chi connectivity index (χ2n) is 1.51. The van der Waals surface area contributed by atoms with E-state index in [4.69, 9.17) is 10.8 Å². The van der Waals surface area contributed by atoms with Gasteiger partial charge in [0.15, 0.2) is 5.78 Å². The van der Waals surface area contributed by atoms with Crippen LogP contribution in [0.4, 0.5) is 0 Å². The molecule has 0 aliphatic carbocycles. The van der Waals surface area contributed by atoms with E-state index in [2.05, 4.69) is 0 Å². The van der Waals surface area contributed by atoms with E-state index in [0.717, 1.165) is 0 Å². The number of hydrogen-bond acceptors (Lipinski definition) is 3. The second-order valence-corrected chi connectivity index (χ2v) is 1.51. The Kier molecular flexibility index (Phi) is 2.88. The number of aliphatic hydroxyl groups is 1. The van der Waals surface area contributed by atoms with Crippen molar-refractivity contribution in [1.29, 1.82) is 0 Å². The summed E-state index contributed by atoms with van der Waals surface area (Å²) in [7, 11) is 0. The molecule has 0 aromatic heterocycles. The van der Waals surface area contributed by atoms with Crippen LogP contribution in [0.15, 0.2) is 11.8 Å². The topological polar surface area (TPSA) is 63.3 Å². The summed E-state index contributed by atoms with van der Waals surface area (Å²) in [5, 5.41) is 8.13. The third kappa shape index (κ3) is 3.36. The van der Waals surface area contributed by atoms with Crippen LogP contribution >= 0.6 is 0 Å². The number of carbonyl (C=O) groups excluding carboxylic acids is 1. The normalized spacial score (nSPS) is 11.5. The molecule has 0 amide bonds. The van der Waals surface area contributed by atoms with Crippen LogP contribution in [-0.4, -0.2) is 17.5 Å². The zero-order valence-electron chi connectivity index (χ0n) is 4.72. The molecule has 0 rings (SSSR count). The van der Waals surface area contributed by atoms with Crippen LogP contribution < -0.4 is 5.73 Å². The Hall–Kier alpha value is -0.830. The third-order valence-corrected chi connectivity index (χ3v) is 0.544. The molecule has 0 saturated carbocycles. The van der Waals surface area contributed by atoms with E-state index >= 15 is 0 Å². The molecule has 0 aromatic rings. The minimum absolute atomic E-state index is 0.356. The zero-order chi connectivity index (χ0) is 6.57. The molecular formula is C5H9NO2. The lowest BCUT2D eigenvalue weighted by Crippen LogP contribution is -2.02. The van der Waals surface area contributed by atoms with Crippen molar-refractivity contribution in [1.82, 2.24) is 0 Å². The van der Waals surface area contributed by atoms with Crippen LogP contribution in [-0.2, 0) is 4.79 Å². The average Bonchev–Trinajstić information content (AvgIpc) is 1.65. The SMILES string of the molecule is C/C(N)=C/C(=O)CO. The summed E-state index contributed by atoms with van der Waals surface area (Å²) in [5.74, 6) is -0.356. The first-order valence-electron chi connectivity index (χ1n) is 2.24. The Morgan fingerprint density at radius 3 is 2.50 bits per heavy atom. The highest BCUT2D eigenvalue weighted by atomic mass is 16.3. The van der Waals surface area contributed by atoms with Crippen molar-refractivity contribution < 1.29 is 9.90 Å². The maximum atomic E-state index is 10.2. The largest absolute Gasteiger partial charge is 0.402 e.